The van der Waals surface area contributed by atoms with Crippen molar-refractivity contribution in [3.63, 3.8) is 0 Å². The molecule has 0 saturated heterocycles. The average molecular weight is 134 g/mol. The Labute approximate surface area is 55.5 Å². The zero-order valence-electron chi connectivity index (χ0n) is 5.93. The third-order valence-corrected chi connectivity index (χ3v) is 2.93. The Morgan fingerprint density at radius 2 is 1.88 bits per heavy atom. The molecule has 1 N–H and O–H groups in total. The van der Waals surface area contributed by atoms with Gasteiger partial charge in [-0.25, -0.2) is 0 Å². The van der Waals surface area contributed by atoms with Gasteiger partial charge in [-0.1, -0.05) is 0 Å². The first-order valence-corrected chi connectivity index (χ1v) is 3.96. The summed E-state index contributed by atoms with van der Waals surface area (Å²) in [5.41, 5.74) is 0. The third-order valence-electron chi connectivity index (χ3n) is 1.53. The van der Waals surface area contributed by atoms with Gasteiger partial charge >= 0.3 is 0 Å². The van der Waals surface area contributed by atoms with Crippen LogP contribution in [0.2, 0.25) is 0 Å². The molecule has 0 aliphatic rings. The van der Waals surface area contributed by atoms with Gasteiger partial charge in [0.1, 0.15) is 0 Å². The molecule has 0 heterocycles. The Balaban J connectivity index is 3.71. The van der Waals surface area contributed by atoms with Crippen molar-refractivity contribution in [2.24, 2.45) is 0 Å². The van der Waals surface area contributed by atoms with Crippen LogP contribution >= 0.6 is 11.8 Å². The molecule has 0 aliphatic heterocycles. The second kappa shape index (κ2) is 2.74. The van der Waals surface area contributed by atoms with Crippen LogP contribution < -0.4 is 0 Å². The normalized spacial score (nSPS) is 16.1. The standard InChI is InChI=1S/C6H14OS/c1-5(7)6(2,3)8-4/h5,7H,1-4H3. The van der Waals surface area contributed by atoms with Crippen LogP contribution in [0.4, 0.5) is 0 Å². The van der Waals surface area contributed by atoms with E-state index in [0.717, 1.165) is 0 Å². The van der Waals surface area contributed by atoms with Crippen LogP contribution in [0.3, 0.4) is 0 Å². The largest absolute Gasteiger partial charge is 0.392 e. The molecule has 0 aromatic carbocycles. The zero-order chi connectivity index (χ0) is 6.78. The minimum Gasteiger partial charge on any atom is -0.392 e. The van der Waals surface area contributed by atoms with Crippen LogP contribution in [0.25, 0.3) is 0 Å². The average Bonchev–Trinajstić information content (AvgIpc) is 1.67. The van der Waals surface area contributed by atoms with Crippen molar-refractivity contribution < 1.29 is 5.11 Å². The lowest BCUT2D eigenvalue weighted by Gasteiger charge is -2.24. The topological polar surface area (TPSA) is 20.2 Å². The first-order chi connectivity index (χ1) is 3.50. The van der Waals surface area contributed by atoms with E-state index in [-0.39, 0.29) is 10.9 Å². The second-order valence-electron chi connectivity index (χ2n) is 2.48. The molecule has 1 nitrogen and oxygen atoms in total. The van der Waals surface area contributed by atoms with E-state index < -0.39 is 0 Å². The number of thioether (sulfide) groups is 1. The monoisotopic (exact) mass is 134 g/mol. The summed E-state index contributed by atoms with van der Waals surface area (Å²) in [7, 11) is 0. The number of hydrogen-bond acceptors (Lipinski definition) is 2. The molecule has 0 amide bonds. The maximum atomic E-state index is 9.06. The van der Waals surface area contributed by atoms with Crippen molar-refractivity contribution in [2.45, 2.75) is 31.6 Å². The summed E-state index contributed by atoms with van der Waals surface area (Å²) < 4.78 is 0.0139. The lowest BCUT2D eigenvalue weighted by atomic mass is 10.1. The first-order valence-electron chi connectivity index (χ1n) is 2.74. The van der Waals surface area contributed by atoms with Gasteiger partial charge in [-0.05, 0) is 27.0 Å². The molecule has 50 valence electrons. The molecule has 2 heteroatoms. The molecule has 1 unspecified atom stereocenters. The molecule has 0 rings (SSSR count). The quantitative estimate of drug-likeness (QED) is 0.617. The predicted molar refractivity (Wildman–Crippen MR) is 39.3 cm³/mol. The van der Waals surface area contributed by atoms with Crippen LogP contribution in [-0.4, -0.2) is 22.2 Å². The van der Waals surface area contributed by atoms with Gasteiger partial charge in [-0.2, -0.15) is 11.8 Å². The van der Waals surface area contributed by atoms with Gasteiger partial charge in [0, 0.05) is 4.75 Å². The minimum absolute atomic E-state index is 0.0139. The lowest BCUT2D eigenvalue weighted by molar-refractivity contribution is 0.161. The van der Waals surface area contributed by atoms with E-state index in [9.17, 15) is 0 Å². The maximum absolute atomic E-state index is 9.06. The van der Waals surface area contributed by atoms with E-state index >= 15 is 0 Å². The fourth-order valence-electron chi connectivity index (χ4n) is 0.171. The molecule has 0 aromatic rings. The smallest absolute Gasteiger partial charge is 0.0653 e. The van der Waals surface area contributed by atoms with E-state index in [1.165, 1.54) is 0 Å². The summed E-state index contributed by atoms with van der Waals surface area (Å²) in [6.45, 7) is 5.88. The number of hydrogen-bond donors (Lipinski definition) is 1. The highest BCUT2D eigenvalue weighted by Crippen LogP contribution is 2.24. The van der Waals surface area contributed by atoms with Gasteiger partial charge in [0.15, 0.2) is 0 Å². The van der Waals surface area contributed by atoms with Crippen LogP contribution in [0, 0.1) is 0 Å². The van der Waals surface area contributed by atoms with Gasteiger partial charge in [-0.15, -0.1) is 0 Å². The van der Waals surface area contributed by atoms with Gasteiger partial charge in [0.05, 0.1) is 6.10 Å². The molecular formula is C6H14OS. The van der Waals surface area contributed by atoms with Gasteiger partial charge in [0.2, 0.25) is 0 Å². The Bertz CT molecular complexity index is 68.9. The fraction of sp³-hybridized carbons (Fsp3) is 1.00. The summed E-state index contributed by atoms with van der Waals surface area (Å²) in [6.07, 6.45) is 1.78. The number of rotatable bonds is 2. The molecule has 0 fully saturated rings. The second-order valence-corrected chi connectivity index (χ2v) is 3.94. The Morgan fingerprint density at radius 3 is 1.88 bits per heavy atom. The van der Waals surface area contributed by atoms with Crippen molar-refractivity contribution in [2.75, 3.05) is 6.26 Å². The summed E-state index contributed by atoms with van der Waals surface area (Å²) in [4.78, 5) is 0. The highest BCUT2D eigenvalue weighted by molar-refractivity contribution is 8.00. The van der Waals surface area contributed by atoms with E-state index in [4.69, 9.17) is 5.11 Å². The molecule has 0 aliphatic carbocycles. The molecule has 0 radical (unpaired) electrons. The van der Waals surface area contributed by atoms with Crippen molar-refractivity contribution in [3.8, 4) is 0 Å². The van der Waals surface area contributed by atoms with Gasteiger partial charge in [-0.3, -0.25) is 0 Å². The van der Waals surface area contributed by atoms with Crippen LogP contribution in [0.5, 0.6) is 0 Å². The van der Waals surface area contributed by atoms with Crippen molar-refractivity contribution in [1.82, 2.24) is 0 Å². The predicted octanol–water partition coefficient (Wildman–Crippen LogP) is 1.51. The molecular weight excluding hydrogens is 120 g/mol. The number of aliphatic hydroxyl groups is 1. The summed E-state index contributed by atoms with van der Waals surface area (Å²) >= 11 is 1.69. The summed E-state index contributed by atoms with van der Waals surface area (Å²) in [5.74, 6) is 0. The SMILES string of the molecule is CSC(C)(C)C(C)O. The van der Waals surface area contributed by atoms with Crippen LogP contribution in [0.15, 0.2) is 0 Å². The molecule has 0 spiro atoms. The molecule has 0 saturated carbocycles. The first kappa shape index (κ1) is 8.31. The van der Waals surface area contributed by atoms with Crippen LogP contribution in [0.1, 0.15) is 20.8 Å². The van der Waals surface area contributed by atoms with E-state index in [2.05, 4.69) is 0 Å². The summed E-state index contributed by atoms with van der Waals surface area (Å²) in [5, 5.41) is 9.06. The van der Waals surface area contributed by atoms with Crippen LogP contribution in [-0.2, 0) is 0 Å². The Kier molecular flexibility index (Phi) is 2.84. The molecule has 0 aromatic heterocycles. The zero-order valence-corrected chi connectivity index (χ0v) is 6.75. The molecule has 8 heavy (non-hydrogen) atoms. The highest BCUT2D eigenvalue weighted by atomic mass is 32.2. The van der Waals surface area contributed by atoms with E-state index in [1.54, 1.807) is 11.8 Å². The van der Waals surface area contributed by atoms with E-state index in [1.807, 2.05) is 27.0 Å². The molecule has 1 atom stereocenters. The fourth-order valence-corrected chi connectivity index (χ4v) is 0.512. The Morgan fingerprint density at radius 1 is 1.50 bits per heavy atom. The minimum atomic E-state index is -0.225. The maximum Gasteiger partial charge on any atom is 0.0653 e. The van der Waals surface area contributed by atoms with E-state index in [0.29, 0.717) is 0 Å². The third kappa shape index (κ3) is 2.05. The number of aliphatic hydroxyl groups excluding tert-OH is 1. The lowest BCUT2D eigenvalue weighted by Crippen LogP contribution is -2.29. The highest BCUT2D eigenvalue weighted by Gasteiger charge is 2.21. The molecule has 0 bridgehead atoms. The summed E-state index contributed by atoms with van der Waals surface area (Å²) in [6, 6.07) is 0. The van der Waals surface area contributed by atoms with Crippen molar-refractivity contribution in [3.05, 3.63) is 0 Å². The van der Waals surface area contributed by atoms with Gasteiger partial charge < -0.3 is 5.11 Å². The van der Waals surface area contributed by atoms with Gasteiger partial charge in [0.25, 0.3) is 0 Å². The van der Waals surface area contributed by atoms with Crippen molar-refractivity contribution >= 4 is 11.8 Å². The Hall–Kier alpha value is 0.310. The van der Waals surface area contributed by atoms with Crippen molar-refractivity contribution in [1.29, 1.82) is 0 Å².